The highest BCUT2D eigenvalue weighted by atomic mass is 16.2. The van der Waals surface area contributed by atoms with Crippen LogP contribution in [0.15, 0.2) is 0 Å². The lowest BCUT2D eigenvalue weighted by Gasteiger charge is -2.25. The lowest BCUT2D eigenvalue weighted by atomic mass is 9.93. The van der Waals surface area contributed by atoms with Crippen LogP contribution in [0.25, 0.3) is 0 Å². The molecule has 0 saturated carbocycles. The zero-order chi connectivity index (χ0) is 8.48. The summed E-state index contributed by atoms with van der Waals surface area (Å²) in [6.07, 6.45) is 0. The first-order valence-corrected chi connectivity index (χ1v) is 3.95. The molecule has 0 spiro atoms. The van der Waals surface area contributed by atoms with Crippen molar-refractivity contribution >= 4 is 5.91 Å². The zero-order valence-electron chi connectivity index (χ0n) is 7.48. The van der Waals surface area contributed by atoms with Crippen molar-refractivity contribution in [3.05, 3.63) is 0 Å². The molecule has 1 aliphatic heterocycles. The second-order valence-corrected chi connectivity index (χ2v) is 4.11. The van der Waals surface area contributed by atoms with Crippen LogP contribution in [-0.4, -0.2) is 37.5 Å². The highest BCUT2D eigenvalue weighted by Gasteiger charge is 2.25. The molecule has 3 nitrogen and oxygen atoms in total. The summed E-state index contributed by atoms with van der Waals surface area (Å²) in [4.78, 5) is 13.1. The molecule has 3 heteroatoms. The van der Waals surface area contributed by atoms with Gasteiger partial charge < -0.3 is 5.32 Å². The summed E-state index contributed by atoms with van der Waals surface area (Å²) in [7, 11) is 1.98. The Morgan fingerprint density at radius 3 is 2.82 bits per heavy atom. The van der Waals surface area contributed by atoms with Gasteiger partial charge in [0.25, 0.3) is 0 Å². The Hall–Kier alpha value is -0.570. The molecular weight excluding hydrogens is 140 g/mol. The number of nitrogens with zero attached hydrogens (tertiary/aromatic N) is 1. The SMILES string of the molecule is CN1CC(=O)NCC(C)(C)C1. The molecule has 1 amide bonds. The molecule has 0 radical (unpaired) electrons. The Morgan fingerprint density at radius 2 is 2.18 bits per heavy atom. The van der Waals surface area contributed by atoms with Gasteiger partial charge in [-0.25, -0.2) is 0 Å². The normalized spacial score (nSPS) is 25.9. The van der Waals surface area contributed by atoms with E-state index in [1.165, 1.54) is 0 Å². The highest BCUT2D eigenvalue weighted by Crippen LogP contribution is 2.16. The Kier molecular flexibility index (Phi) is 2.18. The molecule has 1 heterocycles. The molecule has 0 unspecified atom stereocenters. The number of carbonyl (C=O) groups excluding carboxylic acids is 1. The maximum absolute atomic E-state index is 11.0. The monoisotopic (exact) mass is 156 g/mol. The van der Waals surface area contributed by atoms with E-state index in [4.69, 9.17) is 0 Å². The van der Waals surface area contributed by atoms with Crippen LogP contribution in [-0.2, 0) is 4.79 Å². The van der Waals surface area contributed by atoms with Crippen molar-refractivity contribution in [3.63, 3.8) is 0 Å². The quantitative estimate of drug-likeness (QED) is 0.538. The number of rotatable bonds is 0. The van der Waals surface area contributed by atoms with Crippen LogP contribution < -0.4 is 5.32 Å². The zero-order valence-corrected chi connectivity index (χ0v) is 7.48. The van der Waals surface area contributed by atoms with E-state index in [-0.39, 0.29) is 11.3 Å². The van der Waals surface area contributed by atoms with Gasteiger partial charge in [-0.3, -0.25) is 9.69 Å². The Bertz CT molecular complexity index is 165. The molecule has 0 aromatic carbocycles. The van der Waals surface area contributed by atoms with Gasteiger partial charge in [0.15, 0.2) is 0 Å². The fourth-order valence-corrected chi connectivity index (χ4v) is 1.48. The van der Waals surface area contributed by atoms with E-state index < -0.39 is 0 Å². The lowest BCUT2D eigenvalue weighted by Crippen LogP contribution is -2.33. The minimum Gasteiger partial charge on any atom is -0.354 e. The van der Waals surface area contributed by atoms with Crippen LogP contribution in [0.1, 0.15) is 13.8 Å². The topological polar surface area (TPSA) is 32.3 Å². The molecule has 64 valence electrons. The molecule has 0 atom stereocenters. The van der Waals surface area contributed by atoms with Gasteiger partial charge in [0, 0.05) is 13.1 Å². The average molecular weight is 156 g/mol. The first-order chi connectivity index (χ1) is 4.99. The molecule has 1 N–H and O–H groups in total. The van der Waals surface area contributed by atoms with Crippen molar-refractivity contribution in [2.24, 2.45) is 5.41 Å². The number of likely N-dealkylation sites (N-methyl/N-ethyl adjacent to an activating group) is 1. The van der Waals surface area contributed by atoms with E-state index in [0.29, 0.717) is 6.54 Å². The van der Waals surface area contributed by atoms with Gasteiger partial charge in [0.05, 0.1) is 6.54 Å². The Morgan fingerprint density at radius 1 is 1.55 bits per heavy atom. The number of amides is 1. The summed E-state index contributed by atoms with van der Waals surface area (Å²) >= 11 is 0. The third-order valence-corrected chi connectivity index (χ3v) is 1.88. The summed E-state index contributed by atoms with van der Waals surface area (Å²) in [5.41, 5.74) is 0.209. The Balaban J connectivity index is 2.60. The van der Waals surface area contributed by atoms with Crippen LogP contribution in [0.2, 0.25) is 0 Å². The van der Waals surface area contributed by atoms with Crippen LogP contribution in [0, 0.1) is 5.41 Å². The van der Waals surface area contributed by atoms with Crippen LogP contribution in [0.5, 0.6) is 0 Å². The first-order valence-electron chi connectivity index (χ1n) is 3.95. The molecule has 1 fully saturated rings. The van der Waals surface area contributed by atoms with Crippen molar-refractivity contribution in [2.75, 3.05) is 26.7 Å². The number of hydrogen-bond donors (Lipinski definition) is 1. The molecule has 11 heavy (non-hydrogen) atoms. The van der Waals surface area contributed by atoms with Crippen molar-refractivity contribution < 1.29 is 4.79 Å². The average Bonchev–Trinajstić information content (AvgIpc) is 1.90. The van der Waals surface area contributed by atoms with Crippen molar-refractivity contribution in [2.45, 2.75) is 13.8 Å². The van der Waals surface area contributed by atoms with E-state index >= 15 is 0 Å². The second-order valence-electron chi connectivity index (χ2n) is 4.11. The van der Waals surface area contributed by atoms with E-state index in [1.54, 1.807) is 0 Å². The highest BCUT2D eigenvalue weighted by molar-refractivity contribution is 5.78. The van der Waals surface area contributed by atoms with Crippen LogP contribution in [0.4, 0.5) is 0 Å². The first kappa shape index (κ1) is 8.53. The molecule has 0 bridgehead atoms. The maximum atomic E-state index is 11.0. The fourth-order valence-electron chi connectivity index (χ4n) is 1.48. The van der Waals surface area contributed by atoms with Gasteiger partial charge in [-0.1, -0.05) is 13.8 Å². The van der Waals surface area contributed by atoms with Crippen molar-refractivity contribution in [1.29, 1.82) is 0 Å². The van der Waals surface area contributed by atoms with Gasteiger partial charge in [0.2, 0.25) is 5.91 Å². The van der Waals surface area contributed by atoms with Crippen LogP contribution in [0.3, 0.4) is 0 Å². The van der Waals surface area contributed by atoms with Gasteiger partial charge in [0.1, 0.15) is 0 Å². The minimum absolute atomic E-state index is 0.137. The summed E-state index contributed by atoms with van der Waals surface area (Å²) < 4.78 is 0. The lowest BCUT2D eigenvalue weighted by molar-refractivity contribution is -0.121. The molecule has 0 aliphatic carbocycles. The third kappa shape index (κ3) is 2.50. The molecular formula is C8H16N2O. The molecule has 1 saturated heterocycles. The van der Waals surface area contributed by atoms with E-state index in [2.05, 4.69) is 24.1 Å². The van der Waals surface area contributed by atoms with E-state index in [0.717, 1.165) is 13.1 Å². The van der Waals surface area contributed by atoms with Gasteiger partial charge in [-0.15, -0.1) is 0 Å². The van der Waals surface area contributed by atoms with E-state index in [9.17, 15) is 4.79 Å². The minimum atomic E-state index is 0.137. The standard InChI is InChI=1S/C8H16N2O/c1-8(2)5-9-7(11)4-10(3)6-8/h4-6H2,1-3H3,(H,9,11). The van der Waals surface area contributed by atoms with Crippen LogP contribution >= 0.6 is 0 Å². The Labute approximate surface area is 67.8 Å². The summed E-state index contributed by atoms with van der Waals surface area (Å²) in [5.74, 6) is 0.137. The molecule has 1 rings (SSSR count). The molecule has 1 aliphatic rings. The summed E-state index contributed by atoms with van der Waals surface area (Å²) in [6, 6.07) is 0. The molecule has 0 aromatic rings. The van der Waals surface area contributed by atoms with Gasteiger partial charge in [-0.05, 0) is 12.5 Å². The van der Waals surface area contributed by atoms with Crippen molar-refractivity contribution in [1.82, 2.24) is 10.2 Å². The number of hydrogen-bond acceptors (Lipinski definition) is 2. The predicted octanol–water partition coefficient (Wildman–Crippen LogP) is 0.0742. The number of carbonyl (C=O) groups is 1. The number of nitrogens with one attached hydrogen (secondary N) is 1. The summed E-state index contributed by atoms with van der Waals surface area (Å²) in [6.45, 7) is 6.62. The summed E-state index contributed by atoms with van der Waals surface area (Å²) in [5, 5.41) is 2.88. The van der Waals surface area contributed by atoms with Gasteiger partial charge in [-0.2, -0.15) is 0 Å². The smallest absolute Gasteiger partial charge is 0.234 e. The van der Waals surface area contributed by atoms with Crippen molar-refractivity contribution in [3.8, 4) is 0 Å². The maximum Gasteiger partial charge on any atom is 0.234 e. The molecule has 0 aromatic heterocycles. The second kappa shape index (κ2) is 2.81. The van der Waals surface area contributed by atoms with Gasteiger partial charge >= 0.3 is 0 Å². The largest absolute Gasteiger partial charge is 0.354 e. The fraction of sp³-hybridized carbons (Fsp3) is 0.875. The van der Waals surface area contributed by atoms with E-state index in [1.807, 2.05) is 7.05 Å². The third-order valence-electron chi connectivity index (χ3n) is 1.88. The predicted molar refractivity (Wildman–Crippen MR) is 44.3 cm³/mol.